The SMILES string of the molecule is O=C(NOCCn1cccc1)[C@@H]1CC[C@@H]2CN1C(=O)N2OCc1ccccc1. The fourth-order valence-corrected chi connectivity index (χ4v) is 3.65. The molecule has 2 aliphatic rings. The van der Waals surface area contributed by atoms with E-state index in [2.05, 4.69) is 5.48 Å². The molecule has 28 heavy (non-hydrogen) atoms. The predicted molar refractivity (Wildman–Crippen MR) is 101 cm³/mol. The van der Waals surface area contributed by atoms with Gasteiger partial charge in [0.05, 0.1) is 12.6 Å². The van der Waals surface area contributed by atoms with E-state index in [0.29, 0.717) is 32.7 Å². The van der Waals surface area contributed by atoms with Crippen molar-refractivity contribution in [2.75, 3.05) is 13.2 Å². The van der Waals surface area contributed by atoms with Gasteiger partial charge in [0.1, 0.15) is 12.6 Å². The molecule has 2 aromatic rings. The second kappa shape index (κ2) is 8.45. The Morgan fingerprint density at radius 2 is 1.89 bits per heavy atom. The standard InChI is InChI=1S/C20H24N4O4/c25-19(21-27-13-12-22-10-4-5-11-22)18-9-8-17-14-23(18)20(26)24(17)28-15-16-6-2-1-3-7-16/h1-7,10-11,17-18H,8-9,12-15H2,(H,21,25)/t17-,18+/m1/s1. The van der Waals surface area contributed by atoms with E-state index in [1.807, 2.05) is 59.4 Å². The van der Waals surface area contributed by atoms with Crippen LogP contribution in [0.15, 0.2) is 54.9 Å². The number of nitrogens with zero attached hydrogens (tertiary/aromatic N) is 3. The van der Waals surface area contributed by atoms with Crippen molar-refractivity contribution in [1.82, 2.24) is 20.0 Å². The number of carbonyl (C=O) groups excluding carboxylic acids is 2. The Morgan fingerprint density at radius 3 is 2.68 bits per heavy atom. The first-order valence-corrected chi connectivity index (χ1v) is 9.51. The molecule has 2 atom stereocenters. The third-order valence-electron chi connectivity index (χ3n) is 5.13. The summed E-state index contributed by atoms with van der Waals surface area (Å²) < 4.78 is 1.96. The molecular formula is C20H24N4O4. The van der Waals surface area contributed by atoms with Gasteiger partial charge in [-0.1, -0.05) is 30.3 Å². The van der Waals surface area contributed by atoms with Crippen LogP contribution >= 0.6 is 0 Å². The van der Waals surface area contributed by atoms with Crippen LogP contribution in [0.25, 0.3) is 0 Å². The Morgan fingerprint density at radius 1 is 1.11 bits per heavy atom. The number of nitrogens with one attached hydrogen (secondary N) is 1. The van der Waals surface area contributed by atoms with Crippen molar-refractivity contribution in [2.45, 2.75) is 38.1 Å². The van der Waals surface area contributed by atoms with E-state index in [1.165, 1.54) is 5.06 Å². The van der Waals surface area contributed by atoms with E-state index in [4.69, 9.17) is 9.68 Å². The number of urea groups is 1. The van der Waals surface area contributed by atoms with Crippen molar-refractivity contribution >= 4 is 11.9 Å². The third-order valence-corrected chi connectivity index (χ3v) is 5.13. The zero-order valence-corrected chi connectivity index (χ0v) is 15.6. The molecule has 2 aliphatic heterocycles. The number of amides is 3. The number of fused-ring (bicyclic) bond motifs is 2. The van der Waals surface area contributed by atoms with Crippen LogP contribution < -0.4 is 5.48 Å². The summed E-state index contributed by atoms with van der Waals surface area (Å²) in [6.07, 6.45) is 5.17. The number of hydroxylamine groups is 3. The molecule has 2 bridgehead atoms. The quantitative estimate of drug-likeness (QED) is 0.557. The minimum Gasteiger partial charge on any atom is -0.352 e. The summed E-state index contributed by atoms with van der Waals surface area (Å²) in [6.45, 7) is 1.82. The summed E-state index contributed by atoms with van der Waals surface area (Å²) in [5.74, 6) is -0.288. The maximum atomic E-state index is 12.7. The van der Waals surface area contributed by atoms with Crippen LogP contribution in [-0.2, 0) is 27.6 Å². The fourth-order valence-electron chi connectivity index (χ4n) is 3.65. The van der Waals surface area contributed by atoms with Crippen molar-refractivity contribution in [3.63, 3.8) is 0 Å². The number of aromatic nitrogens is 1. The van der Waals surface area contributed by atoms with Gasteiger partial charge < -0.3 is 9.47 Å². The van der Waals surface area contributed by atoms with Crippen LogP contribution in [0.3, 0.4) is 0 Å². The maximum Gasteiger partial charge on any atom is 0.345 e. The van der Waals surface area contributed by atoms with E-state index in [1.54, 1.807) is 4.90 Å². The summed E-state index contributed by atoms with van der Waals surface area (Å²) >= 11 is 0. The zero-order chi connectivity index (χ0) is 19.3. The zero-order valence-electron chi connectivity index (χ0n) is 15.6. The first kappa shape index (κ1) is 18.5. The molecule has 1 N–H and O–H groups in total. The van der Waals surface area contributed by atoms with Gasteiger partial charge in [0.2, 0.25) is 0 Å². The Hall–Kier alpha value is -2.84. The average Bonchev–Trinajstić information content (AvgIpc) is 3.32. The summed E-state index contributed by atoms with van der Waals surface area (Å²) in [4.78, 5) is 37.8. The molecule has 2 saturated heterocycles. The lowest BCUT2D eigenvalue weighted by atomic mass is 10.0. The molecule has 3 heterocycles. The number of benzene rings is 1. The Bertz CT molecular complexity index is 796. The highest BCUT2D eigenvalue weighted by atomic mass is 16.7. The molecule has 1 aromatic carbocycles. The Labute approximate surface area is 163 Å². The van der Waals surface area contributed by atoms with Gasteiger partial charge in [-0.05, 0) is 30.5 Å². The molecule has 3 amide bonds. The van der Waals surface area contributed by atoms with E-state index >= 15 is 0 Å². The van der Waals surface area contributed by atoms with E-state index < -0.39 is 6.04 Å². The third kappa shape index (κ3) is 4.02. The van der Waals surface area contributed by atoms with Crippen molar-refractivity contribution in [2.24, 2.45) is 0 Å². The summed E-state index contributed by atoms with van der Waals surface area (Å²) in [5.41, 5.74) is 3.48. The van der Waals surface area contributed by atoms with Crippen LogP contribution in [0.2, 0.25) is 0 Å². The van der Waals surface area contributed by atoms with Gasteiger partial charge in [-0.3, -0.25) is 14.5 Å². The van der Waals surface area contributed by atoms with Crippen molar-refractivity contribution in [3.8, 4) is 0 Å². The summed E-state index contributed by atoms with van der Waals surface area (Å²) in [6, 6.07) is 12.8. The molecule has 0 radical (unpaired) electrons. The number of piperidine rings is 1. The van der Waals surface area contributed by atoms with Crippen LogP contribution in [-0.4, -0.2) is 51.7 Å². The van der Waals surface area contributed by atoms with Gasteiger partial charge in [0, 0.05) is 25.5 Å². The van der Waals surface area contributed by atoms with Crippen LogP contribution in [0, 0.1) is 0 Å². The molecule has 8 heteroatoms. The maximum absolute atomic E-state index is 12.7. The predicted octanol–water partition coefficient (Wildman–Crippen LogP) is 1.94. The van der Waals surface area contributed by atoms with E-state index in [9.17, 15) is 9.59 Å². The molecule has 0 spiro atoms. The minimum absolute atomic E-state index is 0.0186. The second-order valence-corrected chi connectivity index (χ2v) is 7.00. The molecule has 1 aromatic heterocycles. The van der Waals surface area contributed by atoms with E-state index in [-0.39, 0.29) is 18.0 Å². The normalized spacial score (nSPS) is 21.2. The van der Waals surface area contributed by atoms with Crippen molar-refractivity contribution < 1.29 is 19.3 Å². The Balaban J connectivity index is 1.26. The molecular weight excluding hydrogens is 360 g/mol. The number of carbonyl (C=O) groups is 2. The van der Waals surface area contributed by atoms with Gasteiger partial charge >= 0.3 is 6.03 Å². The van der Waals surface area contributed by atoms with Crippen LogP contribution in [0.4, 0.5) is 4.79 Å². The van der Waals surface area contributed by atoms with Crippen molar-refractivity contribution in [1.29, 1.82) is 0 Å². The number of hydrogen-bond donors (Lipinski definition) is 1. The fraction of sp³-hybridized carbons (Fsp3) is 0.400. The average molecular weight is 384 g/mol. The van der Waals surface area contributed by atoms with Crippen LogP contribution in [0.1, 0.15) is 18.4 Å². The first-order valence-electron chi connectivity index (χ1n) is 9.51. The smallest absolute Gasteiger partial charge is 0.345 e. The second-order valence-electron chi connectivity index (χ2n) is 7.00. The number of rotatable bonds is 8. The van der Waals surface area contributed by atoms with Gasteiger partial charge in [-0.25, -0.2) is 10.3 Å². The van der Waals surface area contributed by atoms with Crippen molar-refractivity contribution in [3.05, 3.63) is 60.4 Å². The highest BCUT2D eigenvalue weighted by Crippen LogP contribution is 2.30. The van der Waals surface area contributed by atoms with Crippen LogP contribution in [0.5, 0.6) is 0 Å². The van der Waals surface area contributed by atoms with Gasteiger partial charge in [0.15, 0.2) is 0 Å². The minimum atomic E-state index is -0.527. The molecule has 2 fully saturated rings. The number of hydrogen-bond acceptors (Lipinski definition) is 4. The molecule has 0 saturated carbocycles. The largest absolute Gasteiger partial charge is 0.352 e. The lowest BCUT2D eigenvalue weighted by Crippen LogP contribution is -2.49. The van der Waals surface area contributed by atoms with Gasteiger partial charge in [0.25, 0.3) is 5.91 Å². The van der Waals surface area contributed by atoms with E-state index in [0.717, 1.165) is 12.0 Å². The topological polar surface area (TPSA) is 76.0 Å². The molecule has 4 rings (SSSR count). The van der Waals surface area contributed by atoms with Gasteiger partial charge in [-0.15, -0.1) is 0 Å². The van der Waals surface area contributed by atoms with Gasteiger partial charge in [-0.2, -0.15) is 5.06 Å². The molecule has 8 nitrogen and oxygen atoms in total. The summed E-state index contributed by atoms with van der Waals surface area (Å²) in [7, 11) is 0. The Kier molecular flexibility index (Phi) is 5.59. The molecule has 0 unspecified atom stereocenters. The monoisotopic (exact) mass is 384 g/mol. The first-order chi connectivity index (χ1) is 13.7. The highest BCUT2D eigenvalue weighted by Gasteiger charge is 2.48. The molecule has 0 aliphatic carbocycles. The lowest BCUT2D eigenvalue weighted by Gasteiger charge is -2.28. The summed E-state index contributed by atoms with van der Waals surface area (Å²) in [5, 5.41) is 1.42. The lowest BCUT2D eigenvalue weighted by molar-refractivity contribution is -0.141. The molecule has 148 valence electrons. The highest BCUT2D eigenvalue weighted by molar-refractivity contribution is 5.88.